The van der Waals surface area contributed by atoms with E-state index in [1.807, 2.05) is 12.1 Å². The fraction of sp³-hybridized carbons (Fsp3) is 0.167. The van der Waals surface area contributed by atoms with Crippen LogP contribution in [0, 0.1) is 40.1 Å². The molecule has 1 aromatic rings. The zero-order valence-electron chi connectivity index (χ0n) is 9.17. The highest BCUT2D eigenvalue weighted by Crippen LogP contribution is 2.55. The molecule has 0 fully saturated rings. The average molecular weight is 370 g/mol. The van der Waals surface area contributed by atoms with Gasteiger partial charge in [0.2, 0.25) is 0 Å². The Morgan fingerprint density at radius 2 is 1.71 bits per heavy atom. The Bertz CT molecular complexity index is 605. The maximum atomic E-state index is 8.90. The number of benzene rings is 1. The molecule has 2 rings (SSSR count). The number of hydrogen-bond donors (Lipinski definition) is 0. The molecule has 0 bridgehead atoms. The van der Waals surface area contributed by atoms with Crippen molar-refractivity contribution in [1.29, 1.82) is 10.5 Å². The number of fused-ring (bicyclic) bond motifs is 1. The fourth-order valence-corrected chi connectivity index (χ4v) is 5.09. The van der Waals surface area contributed by atoms with E-state index in [0.29, 0.717) is 0 Å². The normalized spacial score (nSPS) is 12.9. The Kier molecular flexibility index (Phi) is 3.72. The molecule has 0 atom stereocenters. The van der Waals surface area contributed by atoms with Gasteiger partial charge in [-0.3, -0.25) is 0 Å². The van der Waals surface area contributed by atoms with Crippen molar-refractivity contribution in [2.75, 3.05) is 0 Å². The molecule has 84 valence electrons. The third kappa shape index (κ3) is 2.20. The van der Waals surface area contributed by atoms with Gasteiger partial charge in [0.05, 0.1) is 4.24 Å². The van der Waals surface area contributed by atoms with Gasteiger partial charge in [-0.05, 0) is 47.6 Å². The highest BCUT2D eigenvalue weighted by atomic mass is 127. The summed E-state index contributed by atoms with van der Waals surface area (Å²) in [7, 11) is 0. The minimum absolute atomic E-state index is 0.212. The van der Waals surface area contributed by atoms with E-state index in [0.717, 1.165) is 4.24 Å². The molecule has 1 heterocycles. The second kappa shape index (κ2) is 4.93. The standard InChI is InChI=1S/C12H7IN2S2/c1-6-3-7(2)10-11(9(6)13)17-12(16-10)8(4-14)5-15/h3H,1-2H3. The predicted molar refractivity (Wildman–Crippen MR) is 78.6 cm³/mol. The Balaban J connectivity index is 2.60. The number of aryl methyl sites for hydroxylation is 2. The Labute approximate surface area is 122 Å². The van der Waals surface area contributed by atoms with Crippen molar-refractivity contribution < 1.29 is 0 Å². The van der Waals surface area contributed by atoms with Gasteiger partial charge in [0.15, 0.2) is 0 Å². The lowest BCUT2D eigenvalue weighted by atomic mass is 10.2. The number of thioether (sulfide) groups is 2. The molecular formula is C12H7IN2S2. The first-order valence-corrected chi connectivity index (χ1v) is 7.49. The molecule has 1 aromatic carbocycles. The van der Waals surface area contributed by atoms with Crippen LogP contribution in [0.3, 0.4) is 0 Å². The smallest absolute Gasteiger partial charge is 0.150 e. The van der Waals surface area contributed by atoms with E-state index in [2.05, 4.69) is 42.5 Å². The van der Waals surface area contributed by atoms with Gasteiger partial charge in [-0.2, -0.15) is 10.5 Å². The van der Waals surface area contributed by atoms with E-state index in [1.165, 1.54) is 48.0 Å². The minimum Gasteiger partial charge on any atom is -0.192 e. The Morgan fingerprint density at radius 1 is 1.12 bits per heavy atom. The van der Waals surface area contributed by atoms with E-state index in [-0.39, 0.29) is 5.57 Å². The highest BCUT2D eigenvalue weighted by Gasteiger charge is 2.25. The summed E-state index contributed by atoms with van der Waals surface area (Å²) in [6.07, 6.45) is 0. The van der Waals surface area contributed by atoms with E-state index in [4.69, 9.17) is 10.5 Å². The maximum absolute atomic E-state index is 8.90. The summed E-state index contributed by atoms with van der Waals surface area (Å²) in [4.78, 5) is 2.37. The van der Waals surface area contributed by atoms with Gasteiger partial charge in [0.25, 0.3) is 0 Å². The molecule has 1 aliphatic heterocycles. The average Bonchev–Trinajstić information content (AvgIpc) is 2.73. The number of nitrogens with zero attached hydrogens (tertiary/aromatic N) is 2. The molecule has 0 saturated carbocycles. The molecule has 5 heteroatoms. The molecule has 17 heavy (non-hydrogen) atoms. The third-order valence-electron chi connectivity index (χ3n) is 2.36. The van der Waals surface area contributed by atoms with Crippen molar-refractivity contribution in [3.8, 4) is 12.1 Å². The number of hydrogen-bond acceptors (Lipinski definition) is 4. The highest BCUT2D eigenvalue weighted by molar-refractivity contribution is 14.1. The first-order chi connectivity index (χ1) is 8.08. The molecule has 2 nitrogen and oxygen atoms in total. The lowest BCUT2D eigenvalue weighted by Crippen LogP contribution is -1.87. The van der Waals surface area contributed by atoms with E-state index >= 15 is 0 Å². The molecule has 0 aliphatic carbocycles. The first-order valence-electron chi connectivity index (χ1n) is 4.78. The summed E-state index contributed by atoms with van der Waals surface area (Å²) >= 11 is 5.40. The number of allylic oxidation sites excluding steroid dienone is 1. The van der Waals surface area contributed by atoms with Gasteiger partial charge in [-0.1, -0.05) is 29.6 Å². The quantitative estimate of drug-likeness (QED) is 0.503. The molecule has 0 spiro atoms. The topological polar surface area (TPSA) is 47.6 Å². The van der Waals surface area contributed by atoms with E-state index in [1.54, 1.807) is 0 Å². The van der Waals surface area contributed by atoms with Gasteiger partial charge >= 0.3 is 0 Å². The van der Waals surface area contributed by atoms with Crippen molar-refractivity contribution >= 4 is 46.1 Å². The second-order valence-electron chi connectivity index (χ2n) is 3.57. The lowest BCUT2D eigenvalue weighted by Gasteiger charge is -2.06. The molecule has 0 radical (unpaired) electrons. The van der Waals surface area contributed by atoms with Crippen molar-refractivity contribution in [3.05, 3.63) is 30.6 Å². The van der Waals surface area contributed by atoms with Crippen molar-refractivity contribution in [1.82, 2.24) is 0 Å². The largest absolute Gasteiger partial charge is 0.192 e. The minimum atomic E-state index is 0.212. The van der Waals surface area contributed by atoms with Crippen LogP contribution < -0.4 is 0 Å². The maximum Gasteiger partial charge on any atom is 0.150 e. The SMILES string of the molecule is Cc1cc(C)c2c(c1I)SC(=C(C#N)C#N)S2. The summed E-state index contributed by atoms with van der Waals surface area (Å²) in [5.41, 5.74) is 2.66. The molecule has 0 saturated heterocycles. The zero-order valence-corrected chi connectivity index (χ0v) is 13.0. The van der Waals surface area contributed by atoms with Crippen LogP contribution in [0.5, 0.6) is 0 Å². The fourth-order valence-electron chi connectivity index (χ4n) is 1.55. The van der Waals surface area contributed by atoms with E-state index in [9.17, 15) is 0 Å². The van der Waals surface area contributed by atoms with Crippen LogP contribution in [0.2, 0.25) is 0 Å². The van der Waals surface area contributed by atoms with Crippen LogP contribution in [0.25, 0.3) is 0 Å². The lowest BCUT2D eigenvalue weighted by molar-refractivity contribution is 1.12. The van der Waals surface area contributed by atoms with Crippen LogP contribution in [0.1, 0.15) is 11.1 Å². The molecule has 1 aliphatic rings. The summed E-state index contributed by atoms with van der Waals surface area (Å²) in [5, 5.41) is 17.8. The molecule has 0 unspecified atom stereocenters. The van der Waals surface area contributed by atoms with Gasteiger partial charge in [-0.15, -0.1) is 0 Å². The van der Waals surface area contributed by atoms with Crippen LogP contribution in [0.4, 0.5) is 0 Å². The molecular weight excluding hydrogens is 363 g/mol. The number of nitriles is 2. The second-order valence-corrected chi connectivity index (χ2v) is 6.95. The van der Waals surface area contributed by atoms with E-state index < -0.39 is 0 Å². The van der Waals surface area contributed by atoms with Crippen LogP contribution >= 0.6 is 46.1 Å². The van der Waals surface area contributed by atoms with Crippen LogP contribution in [-0.2, 0) is 0 Å². The van der Waals surface area contributed by atoms with Crippen LogP contribution in [0.15, 0.2) is 25.7 Å². The van der Waals surface area contributed by atoms with Crippen molar-refractivity contribution in [3.63, 3.8) is 0 Å². The molecule has 0 N–H and O–H groups in total. The Hall–Kier alpha value is -0.630. The van der Waals surface area contributed by atoms with Gasteiger partial charge in [0, 0.05) is 13.4 Å². The summed E-state index contributed by atoms with van der Waals surface area (Å²) in [6.45, 7) is 4.15. The number of halogens is 1. The van der Waals surface area contributed by atoms with Gasteiger partial charge in [-0.25, -0.2) is 0 Å². The molecule has 0 aromatic heterocycles. The van der Waals surface area contributed by atoms with Crippen molar-refractivity contribution in [2.24, 2.45) is 0 Å². The first kappa shape index (κ1) is 12.8. The van der Waals surface area contributed by atoms with Gasteiger partial charge in [0.1, 0.15) is 17.7 Å². The zero-order chi connectivity index (χ0) is 12.6. The predicted octanol–water partition coefficient (Wildman–Crippen LogP) is 4.36. The third-order valence-corrected chi connectivity index (χ3v) is 6.87. The molecule has 0 amide bonds. The number of rotatable bonds is 0. The van der Waals surface area contributed by atoms with Gasteiger partial charge < -0.3 is 0 Å². The summed E-state index contributed by atoms with van der Waals surface area (Å²) < 4.78 is 2.02. The Morgan fingerprint density at radius 3 is 2.29 bits per heavy atom. The summed E-state index contributed by atoms with van der Waals surface area (Å²) in [5.74, 6) is 0. The summed E-state index contributed by atoms with van der Waals surface area (Å²) in [6, 6.07) is 6.06. The van der Waals surface area contributed by atoms with Crippen LogP contribution in [-0.4, -0.2) is 0 Å². The monoisotopic (exact) mass is 370 g/mol. The van der Waals surface area contributed by atoms with Crippen molar-refractivity contribution in [2.45, 2.75) is 23.6 Å².